The highest BCUT2D eigenvalue weighted by atomic mass is 32.2. The second-order valence-electron chi connectivity index (χ2n) is 7.00. The summed E-state index contributed by atoms with van der Waals surface area (Å²) >= 11 is 1.14. The zero-order valence-electron chi connectivity index (χ0n) is 18.1. The molecule has 0 aliphatic heterocycles. The Kier molecular flexibility index (Phi) is 7.54. The molecule has 9 nitrogen and oxygen atoms in total. The third kappa shape index (κ3) is 5.29. The van der Waals surface area contributed by atoms with Crippen LogP contribution in [-0.2, 0) is 14.8 Å². The van der Waals surface area contributed by atoms with Gasteiger partial charge in [0.25, 0.3) is 0 Å². The number of rotatable bonds is 9. The van der Waals surface area contributed by atoms with Crippen LogP contribution in [0.2, 0.25) is 0 Å². The number of anilines is 1. The smallest absolute Gasteiger partial charge is 0.243 e. The van der Waals surface area contributed by atoms with Crippen molar-refractivity contribution in [2.24, 2.45) is 0 Å². The molecule has 1 aromatic heterocycles. The van der Waals surface area contributed by atoms with Crippen molar-refractivity contribution in [2.75, 3.05) is 30.0 Å². The van der Waals surface area contributed by atoms with Gasteiger partial charge in [-0.3, -0.25) is 4.79 Å². The van der Waals surface area contributed by atoms with Gasteiger partial charge in [0.15, 0.2) is 5.82 Å². The first kappa shape index (κ1) is 23.8. The molecule has 2 aromatic carbocycles. The number of aryl methyl sites for hydroxylation is 1. The first-order valence-corrected chi connectivity index (χ1v) is 12.5. The van der Waals surface area contributed by atoms with Crippen molar-refractivity contribution in [3.05, 3.63) is 54.1 Å². The standard InChI is InChI=1S/C21H26N6O3S2/c1-4-26(5-2)32(29,30)18-11-7-9-16(13-18)20-24-25-21(27(20)22)31-14-19(28)23-17-10-6-8-15(3)12-17/h6-13H,4-5,14,22H2,1-3H3,(H,23,28). The van der Waals surface area contributed by atoms with E-state index in [2.05, 4.69) is 15.5 Å². The summed E-state index contributed by atoms with van der Waals surface area (Å²) in [7, 11) is -3.62. The van der Waals surface area contributed by atoms with Crippen molar-refractivity contribution in [3.8, 4) is 11.4 Å². The molecule has 0 fully saturated rings. The molecule has 32 heavy (non-hydrogen) atoms. The van der Waals surface area contributed by atoms with Crippen LogP contribution in [0.4, 0.5) is 5.69 Å². The molecule has 0 saturated carbocycles. The summed E-state index contributed by atoms with van der Waals surface area (Å²) in [5, 5.41) is 11.3. The van der Waals surface area contributed by atoms with E-state index in [9.17, 15) is 13.2 Å². The summed E-state index contributed by atoms with van der Waals surface area (Å²) < 4.78 is 28.3. The summed E-state index contributed by atoms with van der Waals surface area (Å²) in [6, 6.07) is 13.9. The van der Waals surface area contributed by atoms with E-state index in [0.717, 1.165) is 23.0 Å². The van der Waals surface area contributed by atoms with Crippen LogP contribution >= 0.6 is 11.8 Å². The number of carbonyl (C=O) groups is 1. The Labute approximate surface area is 192 Å². The fourth-order valence-corrected chi connectivity index (χ4v) is 5.29. The van der Waals surface area contributed by atoms with Crippen LogP contribution in [0.5, 0.6) is 0 Å². The van der Waals surface area contributed by atoms with E-state index in [-0.39, 0.29) is 16.6 Å². The van der Waals surface area contributed by atoms with Crippen molar-refractivity contribution < 1.29 is 13.2 Å². The molecule has 11 heteroatoms. The lowest BCUT2D eigenvalue weighted by molar-refractivity contribution is -0.113. The van der Waals surface area contributed by atoms with Gasteiger partial charge < -0.3 is 11.2 Å². The Bertz CT molecular complexity index is 1210. The molecular weight excluding hydrogens is 448 g/mol. The van der Waals surface area contributed by atoms with Gasteiger partial charge >= 0.3 is 0 Å². The van der Waals surface area contributed by atoms with Gasteiger partial charge in [0.2, 0.25) is 21.1 Å². The van der Waals surface area contributed by atoms with Gasteiger partial charge in [-0.05, 0) is 36.8 Å². The molecule has 0 spiro atoms. The molecule has 0 radical (unpaired) electrons. The number of sulfonamides is 1. The van der Waals surface area contributed by atoms with E-state index >= 15 is 0 Å². The van der Waals surface area contributed by atoms with E-state index < -0.39 is 10.0 Å². The minimum absolute atomic E-state index is 0.0969. The Balaban J connectivity index is 1.74. The number of benzene rings is 2. The number of carbonyl (C=O) groups excluding carboxylic acids is 1. The Morgan fingerprint density at radius 1 is 1.12 bits per heavy atom. The average molecular weight is 475 g/mol. The van der Waals surface area contributed by atoms with Crippen molar-refractivity contribution >= 4 is 33.4 Å². The summed E-state index contributed by atoms with van der Waals surface area (Å²) in [5.41, 5.74) is 2.29. The second-order valence-corrected chi connectivity index (χ2v) is 9.88. The number of hydrogen-bond donors (Lipinski definition) is 2. The van der Waals surface area contributed by atoms with Crippen LogP contribution in [0.1, 0.15) is 19.4 Å². The van der Waals surface area contributed by atoms with Gasteiger partial charge in [0.05, 0.1) is 10.6 Å². The summed E-state index contributed by atoms with van der Waals surface area (Å²) in [6.45, 7) is 6.29. The van der Waals surface area contributed by atoms with Crippen LogP contribution in [0, 0.1) is 6.92 Å². The third-order valence-electron chi connectivity index (χ3n) is 4.73. The number of hydrogen-bond acceptors (Lipinski definition) is 7. The molecule has 1 heterocycles. The fraction of sp³-hybridized carbons (Fsp3) is 0.286. The van der Waals surface area contributed by atoms with Crippen LogP contribution in [0.25, 0.3) is 11.4 Å². The molecule has 0 aliphatic rings. The third-order valence-corrected chi connectivity index (χ3v) is 7.72. The zero-order valence-corrected chi connectivity index (χ0v) is 19.8. The van der Waals surface area contributed by atoms with E-state index in [4.69, 9.17) is 5.84 Å². The molecular formula is C21H26N6O3S2. The van der Waals surface area contributed by atoms with Crippen LogP contribution in [0.3, 0.4) is 0 Å². The van der Waals surface area contributed by atoms with Crippen LogP contribution in [-0.4, -0.2) is 52.3 Å². The lowest BCUT2D eigenvalue weighted by Gasteiger charge is -2.18. The van der Waals surface area contributed by atoms with Crippen LogP contribution < -0.4 is 11.2 Å². The van der Waals surface area contributed by atoms with Gasteiger partial charge in [0.1, 0.15) is 0 Å². The lowest BCUT2D eigenvalue weighted by Crippen LogP contribution is -2.30. The Morgan fingerprint density at radius 3 is 2.53 bits per heavy atom. The maximum atomic E-state index is 12.8. The van der Waals surface area contributed by atoms with Crippen molar-refractivity contribution in [1.82, 2.24) is 19.2 Å². The number of nitrogens with one attached hydrogen (secondary N) is 1. The van der Waals surface area contributed by atoms with Gasteiger partial charge in [-0.1, -0.05) is 49.9 Å². The number of nitrogens with zero attached hydrogens (tertiary/aromatic N) is 4. The molecule has 0 saturated heterocycles. The molecule has 0 bridgehead atoms. The fourth-order valence-electron chi connectivity index (χ4n) is 3.13. The first-order valence-electron chi connectivity index (χ1n) is 10.1. The number of aromatic nitrogens is 3. The molecule has 0 atom stereocenters. The Morgan fingerprint density at radius 2 is 1.84 bits per heavy atom. The first-order chi connectivity index (χ1) is 15.3. The molecule has 0 aliphatic carbocycles. The minimum atomic E-state index is -3.62. The molecule has 1 amide bonds. The maximum absolute atomic E-state index is 12.8. The highest BCUT2D eigenvalue weighted by molar-refractivity contribution is 7.99. The number of amides is 1. The van der Waals surface area contributed by atoms with E-state index in [1.165, 1.54) is 15.0 Å². The summed E-state index contributed by atoms with van der Waals surface area (Å²) in [4.78, 5) is 12.4. The molecule has 3 N–H and O–H groups in total. The zero-order chi connectivity index (χ0) is 23.3. The van der Waals surface area contributed by atoms with Crippen molar-refractivity contribution in [2.45, 2.75) is 30.8 Å². The summed E-state index contributed by atoms with van der Waals surface area (Å²) in [6.07, 6.45) is 0. The summed E-state index contributed by atoms with van der Waals surface area (Å²) in [5.74, 6) is 6.35. The van der Waals surface area contributed by atoms with E-state index in [0.29, 0.717) is 29.6 Å². The highest BCUT2D eigenvalue weighted by Crippen LogP contribution is 2.25. The monoisotopic (exact) mass is 474 g/mol. The average Bonchev–Trinajstić information content (AvgIpc) is 3.13. The number of nitrogens with two attached hydrogens (primary N) is 1. The predicted octanol–water partition coefficient (Wildman–Crippen LogP) is 2.73. The molecule has 3 rings (SSSR count). The normalized spacial score (nSPS) is 11.6. The predicted molar refractivity (Wildman–Crippen MR) is 126 cm³/mol. The molecule has 0 unspecified atom stereocenters. The SMILES string of the molecule is CCN(CC)S(=O)(=O)c1cccc(-c2nnc(SCC(=O)Nc3cccc(C)c3)n2N)c1. The largest absolute Gasteiger partial charge is 0.335 e. The van der Waals surface area contributed by atoms with Gasteiger partial charge in [-0.25, -0.2) is 13.1 Å². The lowest BCUT2D eigenvalue weighted by atomic mass is 10.2. The van der Waals surface area contributed by atoms with E-state index in [1.54, 1.807) is 32.0 Å². The number of nitrogen functional groups attached to an aromatic ring is 1. The molecule has 170 valence electrons. The quantitative estimate of drug-likeness (QED) is 0.361. The maximum Gasteiger partial charge on any atom is 0.243 e. The highest BCUT2D eigenvalue weighted by Gasteiger charge is 2.23. The van der Waals surface area contributed by atoms with Crippen molar-refractivity contribution in [1.29, 1.82) is 0 Å². The van der Waals surface area contributed by atoms with Gasteiger partial charge in [-0.15, -0.1) is 10.2 Å². The van der Waals surface area contributed by atoms with Gasteiger partial charge in [0, 0.05) is 24.3 Å². The van der Waals surface area contributed by atoms with Gasteiger partial charge in [-0.2, -0.15) is 4.31 Å². The Hall–Kier alpha value is -2.89. The van der Waals surface area contributed by atoms with Crippen LogP contribution in [0.15, 0.2) is 58.6 Å². The van der Waals surface area contributed by atoms with Crippen molar-refractivity contribution in [3.63, 3.8) is 0 Å². The molecule has 3 aromatic rings. The van der Waals surface area contributed by atoms with E-state index in [1.807, 2.05) is 31.2 Å². The number of thioether (sulfide) groups is 1. The minimum Gasteiger partial charge on any atom is -0.335 e. The topological polar surface area (TPSA) is 123 Å². The second kappa shape index (κ2) is 10.2.